The van der Waals surface area contributed by atoms with Gasteiger partial charge in [-0.25, -0.2) is 8.78 Å². The summed E-state index contributed by atoms with van der Waals surface area (Å²) in [4.78, 5) is 10.2. The highest BCUT2D eigenvalue weighted by Crippen LogP contribution is 2.42. The maximum Gasteiger partial charge on any atom is 0.255 e. The molecule has 1 nitrogen and oxygen atoms in total. The molecule has 0 amide bonds. The third-order valence-electron chi connectivity index (χ3n) is 1.86. The van der Waals surface area contributed by atoms with E-state index in [0.717, 1.165) is 19.8 Å². The quantitative estimate of drug-likeness (QED) is 0.558. The predicted octanol–water partition coefficient (Wildman–Crippen LogP) is 1.87. The maximum absolute atomic E-state index is 12.4. The maximum atomic E-state index is 12.4. The Hall–Kier alpha value is -0.470. The monoisotopic (exact) mass is 148 g/mol. The first-order chi connectivity index (χ1) is 4.55. The molecular weight excluding hydrogens is 138 g/mol. The van der Waals surface area contributed by atoms with E-state index in [1.807, 2.05) is 0 Å². The van der Waals surface area contributed by atoms with Crippen LogP contribution in [0.15, 0.2) is 0 Å². The largest absolute Gasteiger partial charge is 0.303 e. The van der Waals surface area contributed by atoms with Gasteiger partial charge in [0.2, 0.25) is 0 Å². The van der Waals surface area contributed by atoms with E-state index in [9.17, 15) is 13.6 Å². The van der Waals surface area contributed by atoms with Crippen molar-refractivity contribution in [2.24, 2.45) is 11.8 Å². The van der Waals surface area contributed by atoms with Gasteiger partial charge in [0, 0.05) is 6.92 Å². The fourth-order valence-electron chi connectivity index (χ4n) is 1.10. The molecular formula is C7H10F2O. The van der Waals surface area contributed by atoms with Gasteiger partial charge in [-0.15, -0.1) is 0 Å². The highest BCUT2D eigenvalue weighted by Gasteiger charge is 2.44. The van der Waals surface area contributed by atoms with E-state index in [1.54, 1.807) is 0 Å². The summed E-state index contributed by atoms with van der Waals surface area (Å²) in [5.74, 6) is -3.90. The van der Waals surface area contributed by atoms with E-state index in [2.05, 4.69) is 0 Å². The Labute approximate surface area is 58.4 Å². The van der Waals surface area contributed by atoms with Gasteiger partial charge in [0.25, 0.3) is 5.92 Å². The average molecular weight is 148 g/mol. The van der Waals surface area contributed by atoms with E-state index in [1.165, 1.54) is 0 Å². The summed E-state index contributed by atoms with van der Waals surface area (Å²) in [6.07, 6.45) is 1.96. The molecule has 1 unspecified atom stereocenters. The van der Waals surface area contributed by atoms with Crippen LogP contribution in [0.4, 0.5) is 8.78 Å². The van der Waals surface area contributed by atoms with E-state index in [-0.39, 0.29) is 5.92 Å². The number of hydrogen-bond donors (Lipinski definition) is 0. The molecule has 1 rings (SSSR count). The van der Waals surface area contributed by atoms with Crippen LogP contribution in [-0.4, -0.2) is 12.2 Å². The molecule has 0 aliphatic heterocycles. The van der Waals surface area contributed by atoms with Gasteiger partial charge in [-0.2, -0.15) is 0 Å². The molecule has 0 aromatic heterocycles. The minimum Gasteiger partial charge on any atom is -0.303 e. The molecule has 3 heteroatoms. The summed E-state index contributed by atoms with van der Waals surface area (Å²) in [7, 11) is 0. The molecule has 1 saturated carbocycles. The number of hydrogen-bond acceptors (Lipinski definition) is 1. The van der Waals surface area contributed by atoms with Crippen molar-refractivity contribution >= 4 is 6.29 Å². The minimum absolute atomic E-state index is 0.0440. The third-order valence-corrected chi connectivity index (χ3v) is 1.86. The zero-order valence-electron chi connectivity index (χ0n) is 5.81. The van der Waals surface area contributed by atoms with Crippen molar-refractivity contribution in [1.82, 2.24) is 0 Å². The molecule has 0 heterocycles. The molecule has 0 saturated heterocycles. The molecule has 1 aliphatic carbocycles. The second-order valence-corrected chi connectivity index (χ2v) is 2.96. The molecule has 0 bridgehead atoms. The Morgan fingerprint density at radius 2 is 2.10 bits per heavy atom. The zero-order chi connectivity index (χ0) is 7.78. The third kappa shape index (κ3) is 1.52. The molecule has 58 valence electrons. The van der Waals surface area contributed by atoms with Crippen molar-refractivity contribution in [2.75, 3.05) is 0 Å². The summed E-state index contributed by atoms with van der Waals surface area (Å²) < 4.78 is 24.9. The van der Waals surface area contributed by atoms with Crippen molar-refractivity contribution in [3.05, 3.63) is 0 Å². The summed E-state index contributed by atoms with van der Waals surface area (Å²) in [6.45, 7) is 0.810. The molecule has 0 spiro atoms. The fraction of sp³-hybridized carbons (Fsp3) is 0.857. The minimum atomic E-state index is -2.82. The second-order valence-electron chi connectivity index (χ2n) is 2.96. The lowest BCUT2D eigenvalue weighted by molar-refractivity contribution is -0.124. The number of carbonyl (C=O) groups is 1. The van der Waals surface area contributed by atoms with Gasteiger partial charge >= 0.3 is 0 Å². The molecule has 0 aromatic rings. The predicted molar refractivity (Wildman–Crippen MR) is 32.9 cm³/mol. The first-order valence-corrected chi connectivity index (χ1v) is 3.39. The van der Waals surface area contributed by atoms with E-state index in [0.29, 0.717) is 6.29 Å². The van der Waals surface area contributed by atoms with Crippen LogP contribution in [0.5, 0.6) is 0 Å². The van der Waals surface area contributed by atoms with Crippen molar-refractivity contribution in [1.29, 1.82) is 0 Å². The van der Waals surface area contributed by atoms with Crippen molar-refractivity contribution < 1.29 is 13.6 Å². The van der Waals surface area contributed by atoms with E-state index < -0.39 is 11.8 Å². The Bertz CT molecular complexity index is 135. The molecule has 1 aliphatic rings. The topological polar surface area (TPSA) is 17.1 Å². The highest BCUT2D eigenvalue weighted by molar-refractivity contribution is 5.56. The van der Waals surface area contributed by atoms with Crippen molar-refractivity contribution in [3.8, 4) is 0 Å². The Morgan fingerprint density at radius 3 is 2.20 bits per heavy atom. The van der Waals surface area contributed by atoms with Crippen LogP contribution in [0.1, 0.15) is 19.8 Å². The van der Waals surface area contributed by atoms with Gasteiger partial charge < -0.3 is 4.79 Å². The van der Waals surface area contributed by atoms with E-state index >= 15 is 0 Å². The number of alkyl halides is 2. The van der Waals surface area contributed by atoms with Crippen LogP contribution in [0.2, 0.25) is 0 Å². The summed E-state index contributed by atoms with van der Waals surface area (Å²) in [6, 6.07) is 0. The lowest BCUT2D eigenvalue weighted by Gasteiger charge is -2.16. The van der Waals surface area contributed by atoms with Gasteiger partial charge in [-0.3, -0.25) is 0 Å². The number of carbonyl (C=O) groups excluding carboxylic acids is 1. The van der Waals surface area contributed by atoms with Gasteiger partial charge in [-0.1, -0.05) is 0 Å². The first-order valence-electron chi connectivity index (χ1n) is 3.39. The molecule has 0 radical (unpaired) electrons. The van der Waals surface area contributed by atoms with E-state index in [4.69, 9.17) is 0 Å². The Kier molecular flexibility index (Phi) is 1.75. The standard InChI is InChI=1S/C7H10F2O/c1-7(8,9)6(4-10)5-2-3-5/h4-6H,2-3H2,1H3. The summed E-state index contributed by atoms with van der Waals surface area (Å²) in [5, 5.41) is 0. The second kappa shape index (κ2) is 2.29. The van der Waals surface area contributed by atoms with Crippen molar-refractivity contribution in [2.45, 2.75) is 25.7 Å². The molecule has 0 N–H and O–H groups in total. The van der Waals surface area contributed by atoms with Crippen LogP contribution in [0, 0.1) is 11.8 Å². The van der Waals surface area contributed by atoms with Gasteiger partial charge in [0.05, 0.1) is 5.92 Å². The van der Waals surface area contributed by atoms with Crippen LogP contribution >= 0.6 is 0 Å². The van der Waals surface area contributed by atoms with Crippen LogP contribution in [0.3, 0.4) is 0 Å². The van der Waals surface area contributed by atoms with Crippen LogP contribution in [-0.2, 0) is 4.79 Å². The molecule has 0 aromatic carbocycles. The smallest absolute Gasteiger partial charge is 0.255 e. The molecule has 1 atom stereocenters. The average Bonchev–Trinajstić information content (AvgIpc) is 2.46. The normalized spacial score (nSPS) is 22.3. The lowest BCUT2D eigenvalue weighted by Crippen LogP contribution is -2.27. The SMILES string of the molecule is CC(F)(F)C(C=O)C1CC1. The molecule has 10 heavy (non-hydrogen) atoms. The fourth-order valence-corrected chi connectivity index (χ4v) is 1.10. The lowest BCUT2D eigenvalue weighted by atomic mass is 9.99. The Morgan fingerprint density at radius 1 is 1.60 bits per heavy atom. The van der Waals surface area contributed by atoms with Gasteiger partial charge in [-0.05, 0) is 18.8 Å². The van der Waals surface area contributed by atoms with Gasteiger partial charge in [0.1, 0.15) is 6.29 Å². The van der Waals surface area contributed by atoms with Crippen LogP contribution < -0.4 is 0 Å². The number of rotatable bonds is 3. The summed E-state index contributed by atoms with van der Waals surface area (Å²) >= 11 is 0. The summed E-state index contributed by atoms with van der Waals surface area (Å²) in [5.41, 5.74) is 0. The first kappa shape index (κ1) is 7.63. The Balaban J connectivity index is 2.54. The van der Waals surface area contributed by atoms with Crippen LogP contribution in [0.25, 0.3) is 0 Å². The van der Waals surface area contributed by atoms with Gasteiger partial charge in [0.15, 0.2) is 0 Å². The zero-order valence-corrected chi connectivity index (χ0v) is 5.81. The van der Waals surface area contributed by atoms with Crippen molar-refractivity contribution in [3.63, 3.8) is 0 Å². The number of aldehydes is 1. The molecule has 1 fully saturated rings. The highest BCUT2D eigenvalue weighted by atomic mass is 19.3. The number of halogens is 2.